The maximum atomic E-state index is 11.6. The molecular weight excluding hydrogens is 352 g/mol. The molecule has 0 radical (unpaired) electrons. The third-order valence-electron chi connectivity index (χ3n) is 7.75. The fraction of sp³-hybridized carbons (Fsp3) is 0.850. The minimum absolute atomic E-state index is 0.128. The Morgan fingerprint density at radius 1 is 1.19 bits per heavy atom. The number of carbonyl (C=O) groups is 1. The van der Waals surface area contributed by atoms with Crippen molar-refractivity contribution in [3.63, 3.8) is 0 Å². The van der Waals surface area contributed by atoms with E-state index >= 15 is 0 Å². The molecule has 0 aromatic rings. The molecule has 7 atom stereocenters. The first-order valence-corrected chi connectivity index (χ1v) is 9.78. The van der Waals surface area contributed by atoms with Crippen LogP contribution in [0.4, 0.5) is 0 Å². The summed E-state index contributed by atoms with van der Waals surface area (Å²) in [5.74, 6) is -0.569. The molecule has 27 heavy (non-hydrogen) atoms. The molecule has 2 aliphatic carbocycles. The van der Waals surface area contributed by atoms with Crippen molar-refractivity contribution < 1.29 is 34.6 Å². The Morgan fingerprint density at radius 2 is 1.93 bits per heavy atom. The average molecular weight is 382 g/mol. The number of ether oxygens (including phenoxy) is 1. The normalized spacial score (nSPS) is 52.9. The van der Waals surface area contributed by atoms with Gasteiger partial charge in [0.05, 0.1) is 18.6 Å². The SMILES string of the molecule is C=C1CC(O)C2C(C)(CO)CC(O)CC2(C)C12CCC1(COC(=O)C1)OO2. The minimum Gasteiger partial charge on any atom is -0.462 e. The van der Waals surface area contributed by atoms with Gasteiger partial charge in [-0.15, -0.1) is 0 Å². The van der Waals surface area contributed by atoms with Crippen LogP contribution in [0.3, 0.4) is 0 Å². The van der Waals surface area contributed by atoms with Gasteiger partial charge in [0.1, 0.15) is 17.8 Å². The number of hydrogen-bond acceptors (Lipinski definition) is 7. The maximum Gasteiger partial charge on any atom is 0.309 e. The molecule has 4 fully saturated rings. The van der Waals surface area contributed by atoms with Gasteiger partial charge in [-0.05, 0) is 43.1 Å². The van der Waals surface area contributed by atoms with E-state index < -0.39 is 34.2 Å². The lowest BCUT2D eigenvalue weighted by molar-refractivity contribution is -0.461. The Labute approximate surface area is 159 Å². The third kappa shape index (κ3) is 2.55. The van der Waals surface area contributed by atoms with E-state index in [1.807, 2.05) is 13.8 Å². The summed E-state index contributed by atoms with van der Waals surface area (Å²) < 4.78 is 5.09. The second-order valence-corrected chi connectivity index (χ2v) is 9.66. The van der Waals surface area contributed by atoms with E-state index in [-0.39, 0.29) is 31.5 Å². The summed E-state index contributed by atoms with van der Waals surface area (Å²) in [6.45, 7) is 8.16. The topological polar surface area (TPSA) is 105 Å². The summed E-state index contributed by atoms with van der Waals surface area (Å²) >= 11 is 0. The first-order chi connectivity index (χ1) is 12.6. The zero-order valence-electron chi connectivity index (χ0n) is 16.1. The second-order valence-electron chi connectivity index (χ2n) is 9.66. The first-order valence-electron chi connectivity index (χ1n) is 9.78. The van der Waals surface area contributed by atoms with Crippen molar-refractivity contribution in [3.8, 4) is 0 Å². The van der Waals surface area contributed by atoms with Crippen molar-refractivity contribution in [1.29, 1.82) is 0 Å². The van der Waals surface area contributed by atoms with Crippen LogP contribution in [0.15, 0.2) is 12.2 Å². The zero-order chi connectivity index (χ0) is 19.7. The van der Waals surface area contributed by atoms with E-state index in [0.29, 0.717) is 32.1 Å². The van der Waals surface area contributed by atoms with Crippen molar-refractivity contribution in [3.05, 3.63) is 12.2 Å². The minimum atomic E-state index is -0.883. The fourth-order valence-electron chi connectivity index (χ4n) is 6.58. The van der Waals surface area contributed by atoms with Crippen LogP contribution in [0, 0.1) is 16.7 Å². The molecule has 4 rings (SSSR count). The van der Waals surface area contributed by atoms with Crippen LogP contribution in [0.2, 0.25) is 0 Å². The Morgan fingerprint density at radius 3 is 2.48 bits per heavy atom. The molecule has 152 valence electrons. The van der Waals surface area contributed by atoms with E-state index in [2.05, 4.69) is 6.58 Å². The van der Waals surface area contributed by atoms with Crippen molar-refractivity contribution >= 4 is 5.97 Å². The molecule has 2 saturated heterocycles. The summed E-state index contributed by atoms with van der Waals surface area (Å²) in [5, 5.41) is 31.7. The van der Waals surface area contributed by atoms with E-state index in [4.69, 9.17) is 14.5 Å². The van der Waals surface area contributed by atoms with Gasteiger partial charge in [0.25, 0.3) is 0 Å². The largest absolute Gasteiger partial charge is 0.462 e. The number of esters is 1. The summed E-state index contributed by atoms with van der Waals surface area (Å²) in [6.07, 6.45) is 1.22. The molecule has 3 N–H and O–H groups in total. The summed E-state index contributed by atoms with van der Waals surface area (Å²) in [5.41, 5.74) is -2.21. The summed E-state index contributed by atoms with van der Waals surface area (Å²) in [7, 11) is 0. The summed E-state index contributed by atoms with van der Waals surface area (Å²) in [6, 6.07) is 0. The highest BCUT2D eigenvalue weighted by Crippen LogP contribution is 2.66. The molecule has 0 bridgehead atoms. The molecular formula is C20H30O7. The van der Waals surface area contributed by atoms with Crippen LogP contribution in [0.5, 0.6) is 0 Å². The molecule has 7 heteroatoms. The highest BCUT2D eigenvalue weighted by Gasteiger charge is 2.69. The van der Waals surface area contributed by atoms with Crippen LogP contribution in [0.25, 0.3) is 0 Å². The third-order valence-corrected chi connectivity index (χ3v) is 7.75. The quantitative estimate of drug-likeness (QED) is 0.356. The van der Waals surface area contributed by atoms with Gasteiger partial charge < -0.3 is 20.1 Å². The van der Waals surface area contributed by atoms with Crippen molar-refractivity contribution in [2.75, 3.05) is 13.2 Å². The van der Waals surface area contributed by atoms with Crippen LogP contribution in [-0.2, 0) is 19.3 Å². The predicted molar refractivity (Wildman–Crippen MR) is 94.2 cm³/mol. The van der Waals surface area contributed by atoms with Crippen molar-refractivity contribution in [1.82, 2.24) is 0 Å². The summed E-state index contributed by atoms with van der Waals surface area (Å²) in [4.78, 5) is 23.5. The van der Waals surface area contributed by atoms with Gasteiger partial charge in [0.2, 0.25) is 0 Å². The van der Waals surface area contributed by atoms with E-state index in [1.165, 1.54) is 0 Å². The number of aliphatic hydroxyl groups excluding tert-OH is 3. The van der Waals surface area contributed by atoms with Crippen LogP contribution in [-0.4, -0.2) is 57.9 Å². The second kappa shape index (κ2) is 6.00. The number of hydrogen-bond donors (Lipinski definition) is 3. The van der Waals surface area contributed by atoms with Gasteiger partial charge in [-0.25, -0.2) is 9.78 Å². The van der Waals surface area contributed by atoms with Crippen LogP contribution < -0.4 is 0 Å². The molecule has 0 aromatic heterocycles. The molecule has 0 amide bonds. The number of carbonyl (C=O) groups excluding carboxylic acids is 1. The van der Waals surface area contributed by atoms with Gasteiger partial charge in [-0.3, -0.25) is 4.79 Å². The lowest BCUT2D eigenvalue weighted by atomic mass is 9.43. The first kappa shape index (κ1) is 19.3. The molecule has 7 nitrogen and oxygen atoms in total. The number of fused-ring (bicyclic) bond motifs is 2. The Kier molecular flexibility index (Phi) is 4.30. The van der Waals surface area contributed by atoms with Gasteiger partial charge in [-0.2, -0.15) is 0 Å². The van der Waals surface area contributed by atoms with Crippen molar-refractivity contribution in [2.45, 2.75) is 75.8 Å². The molecule has 2 heterocycles. The molecule has 2 spiro atoms. The van der Waals surface area contributed by atoms with Gasteiger partial charge in [-0.1, -0.05) is 20.4 Å². The van der Waals surface area contributed by atoms with Gasteiger partial charge in [0, 0.05) is 17.9 Å². The predicted octanol–water partition coefficient (Wildman–Crippen LogP) is 1.25. The van der Waals surface area contributed by atoms with Gasteiger partial charge >= 0.3 is 5.97 Å². The molecule has 2 aliphatic heterocycles. The number of aliphatic hydroxyl groups is 3. The molecule has 4 aliphatic rings. The van der Waals surface area contributed by atoms with Crippen LogP contribution >= 0.6 is 0 Å². The molecule has 2 saturated carbocycles. The van der Waals surface area contributed by atoms with Crippen molar-refractivity contribution in [2.24, 2.45) is 16.7 Å². The Bertz CT molecular complexity index is 653. The van der Waals surface area contributed by atoms with E-state index in [1.54, 1.807) is 0 Å². The lowest BCUT2D eigenvalue weighted by Crippen LogP contribution is -2.69. The van der Waals surface area contributed by atoms with E-state index in [9.17, 15) is 20.1 Å². The maximum absolute atomic E-state index is 11.6. The number of cyclic esters (lactones) is 1. The fourth-order valence-corrected chi connectivity index (χ4v) is 6.58. The highest BCUT2D eigenvalue weighted by molar-refractivity contribution is 5.73. The van der Waals surface area contributed by atoms with Crippen LogP contribution in [0.1, 0.15) is 52.4 Å². The van der Waals surface area contributed by atoms with E-state index in [0.717, 1.165) is 5.57 Å². The molecule has 0 aromatic carbocycles. The molecule has 7 unspecified atom stereocenters. The standard InChI is InChI=1S/C20H30O7/c1-12-6-14(23)16-17(2,10-21)7-13(22)8-18(16,3)20(12)5-4-19(26-27-20)9-15(24)25-11-19/h13-14,16,21-23H,1,4-11H2,2-3H3. The lowest BCUT2D eigenvalue weighted by Gasteiger charge is -2.65. The average Bonchev–Trinajstić information content (AvgIpc) is 2.94. The Balaban J connectivity index is 1.72. The zero-order valence-corrected chi connectivity index (χ0v) is 16.1. The smallest absolute Gasteiger partial charge is 0.309 e. The highest BCUT2D eigenvalue weighted by atomic mass is 17.2. The number of rotatable bonds is 1. The monoisotopic (exact) mass is 382 g/mol. The Hall–Kier alpha value is -0.990. The van der Waals surface area contributed by atoms with Gasteiger partial charge in [0.15, 0.2) is 0 Å².